The highest BCUT2D eigenvalue weighted by Gasteiger charge is 2.28. The maximum Gasteiger partial charge on any atom is 0.255 e. The van der Waals surface area contributed by atoms with E-state index in [0.717, 1.165) is 6.07 Å². The lowest BCUT2D eigenvalue weighted by molar-refractivity contribution is 0.0704. The van der Waals surface area contributed by atoms with Gasteiger partial charge in [0.1, 0.15) is 5.82 Å². The average molecular weight is 414 g/mol. The van der Waals surface area contributed by atoms with Crippen LogP contribution < -0.4 is 10.5 Å². The van der Waals surface area contributed by atoms with Crippen LogP contribution >= 0.6 is 12.4 Å². The van der Waals surface area contributed by atoms with Crippen molar-refractivity contribution in [2.75, 3.05) is 18.8 Å². The normalized spacial score (nSPS) is 17.2. The predicted octanol–water partition coefficient (Wildman–Crippen LogP) is 2.41. The lowest BCUT2D eigenvalue weighted by atomic mass is 10.0. The molecule has 0 saturated carbocycles. The minimum atomic E-state index is -3.86. The molecule has 3 rings (SSSR count). The van der Waals surface area contributed by atoms with Crippen LogP contribution in [0.5, 0.6) is 0 Å². The molecule has 1 heterocycles. The Morgan fingerprint density at radius 2 is 1.93 bits per heavy atom. The third-order valence-electron chi connectivity index (χ3n) is 4.33. The molecule has 6 nitrogen and oxygen atoms in total. The summed E-state index contributed by atoms with van der Waals surface area (Å²) in [6.07, 6.45) is 1.26. The predicted molar refractivity (Wildman–Crippen MR) is 104 cm³/mol. The second-order valence-corrected chi connectivity index (χ2v) is 7.97. The number of sulfonamides is 1. The molecule has 146 valence electrons. The Hall–Kier alpha value is -2.16. The van der Waals surface area contributed by atoms with Crippen molar-refractivity contribution in [2.24, 2.45) is 0 Å². The van der Waals surface area contributed by atoms with Crippen molar-refractivity contribution in [3.05, 3.63) is 59.9 Å². The van der Waals surface area contributed by atoms with E-state index in [0.29, 0.717) is 30.6 Å². The van der Waals surface area contributed by atoms with Gasteiger partial charge in [-0.3, -0.25) is 4.79 Å². The molecule has 0 radical (unpaired) electrons. The number of nitrogens with one attached hydrogen (secondary N) is 1. The van der Waals surface area contributed by atoms with E-state index >= 15 is 0 Å². The number of para-hydroxylation sites is 1. The van der Waals surface area contributed by atoms with Gasteiger partial charge < -0.3 is 10.6 Å². The first-order chi connectivity index (χ1) is 12.4. The number of rotatable bonds is 4. The lowest BCUT2D eigenvalue weighted by Gasteiger charge is -2.33. The van der Waals surface area contributed by atoms with Gasteiger partial charge in [-0.2, -0.15) is 0 Å². The maximum absolute atomic E-state index is 13.3. The number of anilines is 1. The third-order valence-corrected chi connectivity index (χ3v) is 5.85. The van der Waals surface area contributed by atoms with Crippen molar-refractivity contribution >= 4 is 34.0 Å². The summed E-state index contributed by atoms with van der Waals surface area (Å²) in [4.78, 5) is 14.1. The number of hydrogen-bond acceptors (Lipinski definition) is 4. The minimum absolute atomic E-state index is 0. The zero-order chi connectivity index (χ0) is 18.7. The number of likely N-dealkylation sites (tertiary alicyclic amines) is 1. The number of piperidine rings is 1. The SMILES string of the molecule is Cl.Nc1ccccc1C(=O)N1CCCC(NS(=O)(=O)c2cccc(F)c2)C1. The van der Waals surface area contributed by atoms with E-state index < -0.39 is 21.9 Å². The highest BCUT2D eigenvalue weighted by atomic mass is 35.5. The molecule has 2 aromatic rings. The van der Waals surface area contributed by atoms with Gasteiger partial charge in [-0.25, -0.2) is 17.5 Å². The molecule has 0 bridgehead atoms. The number of nitrogens with zero attached hydrogens (tertiary/aromatic N) is 1. The summed E-state index contributed by atoms with van der Waals surface area (Å²) in [6.45, 7) is 0.771. The molecule has 1 aliphatic rings. The summed E-state index contributed by atoms with van der Waals surface area (Å²) in [7, 11) is -3.86. The van der Waals surface area contributed by atoms with Crippen LogP contribution in [0.1, 0.15) is 23.2 Å². The van der Waals surface area contributed by atoms with E-state index in [9.17, 15) is 17.6 Å². The first-order valence-corrected chi connectivity index (χ1v) is 9.77. The maximum atomic E-state index is 13.3. The Labute approximate surface area is 164 Å². The van der Waals surface area contributed by atoms with Gasteiger partial charge in [0.2, 0.25) is 10.0 Å². The Balaban J connectivity index is 0.00000261. The van der Waals surface area contributed by atoms with Crippen LogP contribution in [0, 0.1) is 5.82 Å². The number of amides is 1. The van der Waals surface area contributed by atoms with Crippen molar-refractivity contribution in [1.82, 2.24) is 9.62 Å². The molecular formula is C18H21ClFN3O3S. The fourth-order valence-electron chi connectivity index (χ4n) is 3.04. The summed E-state index contributed by atoms with van der Waals surface area (Å²) in [5, 5.41) is 0. The summed E-state index contributed by atoms with van der Waals surface area (Å²) in [5.74, 6) is -0.842. The number of halogens is 2. The third kappa shape index (κ3) is 4.97. The van der Waals surface area contributed by atoms with Crippen molar-refractivity contribution < 1.29 is 17.6 Å². The van der Waals surface area contributed by atoms with Gasteiger partial charge in [-0.05, 0) is 43.2 Å². The number of nitrogen functional groups attached to an aromatic ring is 1. The quantitative estimate of drug-likeness (QED) is 0.753. The second-order valence-electron chi connectivity index (χ2n) is 6.26. The highest BCUT2D eigenvalue weighted by Crippen LogP contribution is 2.19. The molecule has 1 aliphatic heterocycles. The number of nitrogens with two attached hydrogens (primary N) is 1. The molecule has 1 saturated heterocycles. The summed E-state index contributed by atoms with van der Waals surface area (Å²) in [6, 6.07) is 11.2. The van der Waals surface area contributed by atoms with Crippen LogP contribution in [0.15, 0.2) is 53.4 Å². The van der Waals surface area contributed by atoms with Crippen LogP contribution in [0.3, 0.4) is 0 Å². The van der Waals surface area contributed by atoms with Crippen LogP contribution in [0.4, 0.5) is 10.1 Å². The van der Waals surface area contributed by atoms with Crippen LogP contribution in [0.25, 0.3) is 0 Å². The van der Waals surface area contributed by atoms with E-state index in [1.807, 2.05) is 0 Å². The van der Waals surface area contributed by atoms with Gasteiger partial charge in [-0.15, -0.1) is 12.4 Å². The van der Waals surface area contributed by atoms with E-state index in [-0.39, 0.29) is 29.8 Å². The van der Waals surface area contributed by atoms with Crippen LogP contribution in [-0.4, -0.2) is 38.4 Å². The molecular weight excluding hydrogens is 393 g/mol. The Kier molecular flexibility index (Phi) is 6.80. The molecule has 1 amide bonds. The molecule has 1 atom stereocenters. The minimum Gasteiger partial charge on any atom is -0.398 e. The molecule has 1 fully saturated rings. The van der Waals surface area contributed by atoms with Crippen molar-refractivity contribution in [3.63, 3.8) is 0 Å². The van der Waals surface area contributed by atoms with Gasteiger partial charge in [0.05, 0.1) is 10.5 Å². The largest absolute Gasteiger partial charge is 0.398 e. The topological polar surface area (TPSA) is 92.5 Å². The summed E-state index contributed by atoms with van der Waals surface area (Å²) < 4.78 is 40.8. The lowest BCUT2D eigenvalue weighted by Crippen LogP contribution is -2.49. The van der Waals surface area contributed by atoms with Gasteiger partial charge in [0, 0.05) is 24.8 Å². The number of benzene rings is 2. The number of carbonyl (C=O) groups excluding carboxylic acids is 1. The Morgan fingerprint density at radius 1 is 1.19 bits per heavy atom. The first kappa shape index (κ1) is 21.1. The zero-order valence-electron chi connectivity index (χ0n) is 14.5. The molecule has 0 spiro atoms. The number of hydrogen-bond donors (Lipinski definition) is 2. The van der Waals surface area contributed by atoms with Crippen molar-refractivity contribution in [1.29, 1.82) is 0 Å². The smallest absolute Gasteiger partial charge is 0.255 e. The van der Waals surface area contributed by atoms with Gasteiger partial charge >= 0.3 is 0 Å². The molecule has 27 heavy (non-hydrogen) atoms. The van der Waals surface area contributed by atoms with E-state index in [2.05, 4.69) is 4.72 Å². The standard InChI is InChI=1S/C18H20FN3O3S.ClH/c19-13-5-3-7-15(11-13)26(24,25)21-14-6-4-10-22(12-14)18(23)16-8-1-2-9-17(16)20;/h1-3,5,7-9,11,14,21H,4,6,10,12,20H2;1H. The molecule has 1 unspecified atom stereocenters. The fourth-order valence-corrected chi connectivity index (χ4v) is 4.33. The summed E-state index contributed by atoms with van der Waals surface area (Å²) in [5.41, 5.74) is 6.65. The molecule has 0 aliphatic carbocycles. The first-order valence-electron chi connectivity index (χ1n) is 8.28. The average Bonchev–Trinajstić information content (AvgIpc) is 2.61. The monoisotopic (exact) mass is 413 g/mol. The fraction of sp³-hybridized carbons (Fsp3) is 0.278. The summed E-state index contributed by atoms with van der Waals surface area (Å²) >= 11 is 0. The van der Waals surface area contributed by atoms with Crippen LogP contribution in [-0.2, 0) is 10.0 Å². The van der Waals surface area contributed by atoms with E-state index in [4.69, 9.17) is 5.73 Å². The van der Waals surface area contributed by atoms with Crippen molar-refractivity contribution in [3.8, 4) is 0 Å². The Bertz CT molecular complexity index is 924. The molecule has 3 N–H and O–H groups in total. The molecule has 2 aromatic carbocycles. The molecule has 9 heteroatoms. The van der Waals surface area contributed by atoms with Crippen LogP contribution in [0.2, 0.25) is 0 Å². The van der Waals surface area contributed by atoms with E-state index in [1.165, 1.54) is 18.2 Å². The van der Waals surface area contributed by atoms with Crippen molar-refractivity contribution in [2.45, 2.75) is 23.8 Å². The molecule has 0 aromatic heterocycles. The number of carbonyl (C=O) groups is 1. The van der Waals surface area contributed by atoms with E-state index in [1.54, 1.807) is 29.2 Å². The van der Waals surface area contributed by atoms with Gasteiger partial charge in [-0.1, -0.05) is 18.2 Å². The zero-order valence-corrected chi connectivity index (χ0v) is 16.1. The van der Waals surface area contributed by atoms with Gasteiger partial charge in [0.15, 0.2) is 0 Å². The Morgan fingerprint density at radius 3 is 2.63 bits per heavy atom. The second kappa shape index (κ2) is 8.69. The van der Waals surface area contributed by atoms with Gasteiger partial charge in [0.25, 0.3) is 5.91 Å². The highest BCUT2D eigenvalue weighted by molar-refractivity contribution is 7.89.